The van der Waals surface area contributed by atoms with E-state index in [1.54, 1.807) is 5.57 Å². The molecule has 4 aliphatic rings. The molecule has 21 heavy (non-hydrogen) atoms. The van der Waals surface area contributed by atoms with E-state index in [0.717, 1.165) is 38.5 Å². The zero-order chi connectivity index (χ0) is 14.8. The van der Waals surface area contributed by atoms with Gasteiger partial charge in [-0.2, -0.15) is 0 Å². The van der Waals surface area contributed by atoms with Crippen LogP contribution in [0.4, 0.5) is 0 Å². The van der Waals surface area contributed by atoms with Crippen LogP contribution in [0.15, 0.2) is 22.8 Å². The first-order chi connectivity index (χ1) is 9.92. The van der Waals surface area contributed by atoms with E-state index < -0.39 is 5.60 Å². The van der Waals surface area contributed by atoms with Gasteiger partial charge in [-0.05, 0) is 68.4 Å². The molecule has 0 bridgehead atoms. The van der Waals surface area contributed by atoms with Crippen LogP contribution in [-0.2, 0) is 4.79 Å². The van der Waals surface area contributed by atoms with E-state index in [4.69, 9.17) is 0 Å². The second-order valence-electron chi connectivity index (χ2n) is 8.14. The van der Waals surface area contributed by atoms with Gasteiger partial charge in [0.1, 0.15) is 5.78 Å². The minimum Gasteiger partial charge on any atom is -0.390 e. The number of Topliss-reactive ketones (excluding diaryl/α,β-unsaturated/α-hetero) is 1. The number of carbonyl (C=O) groups excluding carboxylic acids is 1. The van der Waals surface area contributed by atoms with Gasteiger partial charge in [-0.25, -0.2) is 0 Å². The predicted octanol–water partition coefficient (Wildman–Crippen LogP) is 3.94. The molecule has 0 spiro atoms. The van der Waals surface area contributed by atoms with Gasteiger partial charge >= 0.3 is 0 Å². The number of carbonyl (C=O) groups is 1. The van der Waals surface area contributed by atoms with Gasteiger partial charge < -0.3 is 5.11 Å². The van der Waals surface area contributed by atoms with E-state index in [9.17, 15) is 9.90 Å². The van der Waals surface area contributed by atoms with Crippen molar-refractivity contribution in [1.29, 1.82) is 0 Å². The fourth-order valence-corrected chi connectivity index (χ4v) is 5.64. The average molecular weight is 286 g/mol. The minimum atomic E-state index is -0.517. The highest BCUT2D eigenvalue weighted by Gasteiger charge is 2.57. The molecular formula is C19H26O2. The zero-order valence-electron chi connectivity index (χ0n) is 13.2. The molecule has 0 aromatic heterocycles. The number of rotatable bonds is 0. The summed E-state index contributed by atoms with van der Waals surface area (Å²) in [6, 6.07) is 0. The normalized spacial score (nSPS) is 45.9. The maximum atomic E-state index is 11.7. The van der Waals surface area contributed by atoms with Crippen molar-refractivity contribution in [2.24, 2.45) is 17.3 Å². The van der Waals surface area contributed by atoms with Gasteiger partial charge in [-0.1, -0.05) is 18.6 Å². The van der Waals surface area contributed by atoms with Crippen molar-refractivity contribution in [1.82, 2.24) is 0 Å². The lowest BCUT2D eigenvalue weighted by molar-refractivity contribution is -0.118. The largest absolute Gasteiger partial charge is 0.390 e. The number of aliphatic hydroxyl groups is 1. The molecule has 0 saturated heterocycles. The average Bonchev–Trinajstić information content (AvgIpc) is 2.69. The second-order valence-corrected chi connectivity index (χ2v) is 8.14. The third kappa shape index (κ3) is 1.78. The van der Waals surface area contributed by atoms with Crippen LogP contribution >= 0.6 is 0 Å². The van der Waals surface area contributed by atoms with Gasteiger partial charge in [0.15, 0.2) is 0 Å². The molecule has 0 aliphatic heterocycles. The first-order valence-corrected chi connectivity index (χ1v) is 8.58. The van der Waals surface area contributed by atoms with Gasteiger partial charge in [0.05, 0.1) is 5.60 Å². The Morgan fingerprint density at radius 3 is 2.81 bits per heavy atom. The summed E-state index contributed by atoms with van der Waals surface area (Å²) in [4.78, 5) is 11.7. The molecule has 1 N–H and O–H groups in total. The van der Waals surface area contributed by atoms with E-state index in [2.05, 4.69) is 13.0 Å². The summed E-state index contributed by atoms with van der Waals surface area (Å²) >= 11 is 0. The summed E-state index contributed by atoms with van der Waals surface area (Å²) in [7, 11) is 0. The third-order valence-corrected chi connectivity index (χ3v) is 7.22. The van der Waals surface area contributed by atoms with Crippen molar-refractivity contribution in [2.75, 3.05) is 0 Å². The first kappa shape index (κ1) is 13.8. The van der Waals surface area contributed by atoms with Gasteiger partial charge in [-0.15, -0.1) is 0 Å². The molecule has 1 saturated carbocycles. The van der Waals surface area contributed by atoms with Crippen LogP contribution in [0.5, 0.6) is 0 Å². The number of ketones is 1. The van der Waals surface area contributed by atoms with Crippen LogP contribution in [0.2, 0.25) is 0 Å². The van der Waals surface area contributed by atoms with Gasteiger partial charge in [0.2, 0.25) is 0 Å². The Balaban J connectivity index is 1.74. The Hall–Kier alpha value is -0.890. The lowest BCUT2D eigenvalue weighted by Crippen LogP contribution is -2.47. The highest BCUT2D eigenvalue weighted by atomic mass is 16.3. The SMILES string of the molecule is C[C@]1(O)CC[C@H]2[C@@H]3CCC4=C(CCC(=O)C4)C3=CC[C@@]21C. The highest BCUT2D eigenvalue weighted by molar-refractivity contribution is 5.83. The van der Waals surface area contributed by atoms with Crippen LogP contribution < -0.4 is 0 Å². The summed E-state index contributed by atoms with van der Waals surface area (Å²) in [5, 5.41) is 10.8. The van der Waals surface area contributed by atoms with Crippen molar-refractivity contribution < 1.29 is 9.90 Å². The lowest BCUT2D eigenvalue weighted by Gasteiger charge is -2.49. The Kier molecular flexibility index (Phi) is 2.83. The molecule has 114 valence electrons. The molecule has 0 unspecified atom stereocenters. The van der Waals surface area contributed by atoms with Crippen LogP contribution in [0.1, 0.15) is 65.2 Å². The molecule has 0 radical (unpaired) electrons. The van der Waals surface area contributed by atoms with E-state index in [1.165, 1.54) is 17.6 Å². The monoisotopic (exact) mass is 286 g/mol. The summed E-state index contributed by atoms with van der Waals surface area (Å²) in [6.07, 6.45) is 10.2. The molecule has 0 aromatic carbocycles. The summed E-state index contributed by atoms with van der Waals surface area (Å²) < 4.78 is 0. The minimum absolute atomic E-state index is 0.0454. The van der Waals surface area contributed by atoms with Crippen molar-refractivity contribution in [3.05, 3.63) is 22.8 Å². The summed E-state index contributed by atoms with van der Waals surface area (Å²) in [5.74, 6) is 1.68. The Morgan fingerprint density at radius 2 is 2.00 bits per heavy atom. The maximum Gasteiger partial charge on any atom is 0.137 e. The molecule has 0 aromatic rings. The van der Waals surface area contributed by atoms with Crippen molar-refractivity contribution in [3.8, 4) is 0 Å². The zero-order valence-corrected chi connectivity index (χ0v) is 13.2. The van der Waals surface area contributed by atoms with Gasteiger partial charge in [-0.3, -0.25) is 4.79 Å². The summed E-state index contributed by atoms with van der Waals surface area (Å²) in [5.41, 5.74) is 4.05. The maximum absolute atomic E-state index is 11.7. The van der Waals surface area contributed by atoms with Crippen molar-refractivity contribution in [2.45, 2.75) is 70.8 Å². The Bertz CT molecular complexity index is 566. The number of hydrogen-bond donors (Lipinski definition) is 1. The molecule has 0 heterocycles. The number of hydrogen-bond acceptors (Lipinski definition) is 2. The Morgan fingerprint density at radius 1 is 1.19 bits per heavy atom. The predicted molar refractivity (Wildman–Crippen MR) is 82.8 cm³/mol. The molecule has 4 rings (SSSR count). The number of allylic oxidation sites excluding steroid dienone is 4. The summed E-state index contributed by atoms with van der Waals surface area (Å²) in [6.45, 7) is 4.34. The van der Waals surface area contributed by atoms with Crippen LogP contribution in [0.3, 0.4) is 0 Å². The lowest BCUT2D eigenvalue weighted by atomic mass is 9.56. The van der Waals surface area contributed by atoms with Crippen molar-refractivity contribution in [3.63, 3.8) is 0 Å². The molecular weight excluding hydrogens is 260 g/mol. The Labute approximate surface area is 127 Å². The number of fused-ring (bicyclic) bond motifs is 4. The van der Waals surface area contributed by atoms with Gasteiger partial charge in [0, 0.05) is 18.3 Å². The van der Waals surface area contributed by atoms with E-state index >= 15 is 0 Å². The second kappa shape index (κ2) is 4.32. The highest BCUT2D eigenvalue weighted by Crippen LogP contribution is 2.62. The molecule has 0 amide bonds. The molecule has 4 aliphatic carbocycles. The van der Waals surface area contributed by atoms with Gasteiger partial charge in [0.25, 0.3) is 0 Å². The standard InChI is InChI=1S/C19H26O2/c1-18-9-7-15-14-6-4-13(20)11-12(14)3-5-16(15)17(18)8-10-19(18,2)21/h7,16-17,21H,3-6,8-11H2,1-2H3/t16-,17+,18+,19+/m1/s1. The first-order valence-electron chi connectivity index (χ1n) is 8.58. The fourth-order valence-electron chi connectivity index (χ4n) is 5.64. The van der Waals surface area contributed by atoms with E-state index in [0.29, 0.717) is 24.0 Å². The topological polar surface area (TPSA) is 37.3 Å². The molecule has 2 heteroatoms. The van der Waals surface area contributed by atoms with Crippen molar-refractivity contribution >= 4 is 5.78 Å². The quantitative estimate of drug-likeness (QED) is 0.732. The molecule has 2 nitrogen and oxygen atoms in total. The smallest absolute Gasteiger partial charge is 0.137 e. The van der Waals surface area contributed by atoms with Crippen LogP contribution in [-0.4, -0.2) is 16.5 Å². The van der Waals surface area contributed by atoms with E-state index in [-0.39, 0.29) is 5.41 Å². The molecule has 4 atom stereocenters. The van der Waals surface area contributed by atoms with Crippen LogP contribution in [0, 0.1) is 17.3 Å². The van der Waals surface area contributed by atoms with E-state index in [1.807, 2.05) is 6.92 Å². The van der Waals surface area contributed by atoms with Crippen LogP contribution in [0.25, 0.3) is 0 Å². The fraction of sp³-hybridized carbons (Fsp3) is 0.737. The third-order valence-electron chi connectivity index (χ3n) is 7.22. The molecule has 1 fully saturated rings.